The van der Waals surface area contributed by atoms with Gasteiger partial charge in [0.2, 0.25) is 0 Å². The molecule has 0 fully saturated rings. The Kier molecular flexibility index (Phi) is 4.70. The van der Waals surface area contributed by atoms with E-state index in [1.165, 1.54) is 0 Å². The van der Waals surface area contributed by atoms with E-state index in [9.17, 15) is 13.2 Å². The maximum atomic E-state index is 12.0. The molecule has 0 saturated heterocycles. The van der Waals surface area contributed by atoms with Crippen LogP contribution in [0.4, 0.5) is 13.2 Å². The number of furan rings is 1. The molecule has 0 aliphatic rings. The molecule has 2 nitrogen and oxygen atoms in total. The number of para-hydroxylation sites is 1. The summed E-state index contributed by atoms with van der Waals surface area (Å²) in [7, 11) is 0. The van der Waals surface area contributed by atoms with Crippen molar-refractivity contribution in [1.82, 2.24) is 5.32 Å². The average Bonchev–Trinajstić information content (AvgIpc) is 2.80. The van der Waals surface area contributed by atoms with Crippen LogP contribution in [0.2, 0.25) is 0 Å². The largest absolute Gasteiger partial charge is 0.459 e. The van der Waals surface area contributed by atoms with Crippen LogP contribution in [0.25, 0.3) is 11.0 Å². The first kappa shape index (κ1) is 14.9. The number of hydrogen-bond donors (Lipinski definition) is 1. The second kappa shape index (κ2) is 6.31. The van der Waals surface area contributed by atoms with Crippen LogP contribution < -0.4 is 5.32 Å². The molecule has 1 atom stereocenters. The lowest BCUT2D eigenvalue weighted by Gasteiger charge is -2.11. The highest BCUT2D eigenvalue weighted by Crippen LogP contribution is 2.24. The highest BCUT2D eigenvalue weighted by Gasteiger charge is 2.25. The van der Waals surface area contributed by atoms with Crippen molar-refractivity contribution in [1.29, 1.82) is 0 Å². The van der Waals surface area contributed by atoms with Gasteiger partial charge in [-0.3, -0.25) is 0 Å². The molecule has 1 heterocycles. The Balaban J connectivity index is 1.78. The summed E-state index contributed by atoms with van der Waals surface area (Å²) in [5.74, 6) is 0.807. The van der Waals surface area contributed by atoms with Crippen LogP contribution in [0, 0.1) is 0 Å². The predicted octanol–water partition coefficient (Wildman–Crippen LogP) is 4.82. The molecule has 2 aromatic rings. The maximum Gasteiger partial charge on any atom is 0.389 e. The van der Waals surface area contributed by atoms with Gasteiger partial charge in [0.25, 0.3) is 0 Å². The van der Waals surface area contributed by atoms with Crippen LogP contribution >= 0.6 is 0 Å². The summed E-state index contributed by atoms with van der Waals surface area (Å²) < 4.78 is 41.7. The number of benzene rings is 1. The van der Waals surface area contributed by atoms with E-state index in [-0.39, 0.29) is 12.5 Å². The molecule has 0 aliphatic heterocycles. The lowest BCUT2D eigenvalue weighted by atomic mass is 10.2. The zero-order chi connectivity index (χ0) is 14.6. The lowest BCUT2D eigenvalue weighted by molar-refractivity contribution is -0.135. The second-order valence-corrected chi connectivity index (χ2v) is 4.93. The van der Waals surface area contributed by atoms with Crippen molar-refractivity contribution in [2.75, 3.05) is 6.54 Å². The summed E-state index contributed by atoms with van der Waals surface area (Å²) in [4.78, 5) is 0. The van der Waals surface area contributed by atoms with Gasteiger partial charge < -0.3 is 9.73 Å². The molecule has 5 heteroatoms. The maximum absolute atomic E-state index is 12.0. The zero-order valence-corrected chi connectivity index (χ0v) is 11.3. The van der Waals surface area contributed by atoms with Gasteiger partial charge in [0.15, 0.2) is 0 Å². The Morgan fingerprint density at radius 1 is 1.20 bits per heavy atom. The van der Waals surface area contributed by atoms with Crippen LogP contribution in [0.1, 0.15) is 38.0 Å². The summed E-state index contributed by atoms with van der Waals surface area (Å²) >= 11 is 0. The number of nitrogens with one attached hydrogen (secondary N) is 1. The molecule has 1 N–H and O–H groups in total. The first-order valence-electron chi connectivity index (χ1n) is 6.74. The Morgan fingerprint density at radius 3 is 2.65 bits per heavy atom. The number of rotatable bonds is 6. The molecule has 0 radical (unpaired) electrons. The highest BCUT2D eigenvalue weighted by atomic mass is 19.4. The van der Waals surface area contributed by atoms with Crippen molar-refractivity contribution in [3.05, 3.63) is 36.1 Å². The summed E-state index contributed by atoms with van der Waals surface area (Å²) in [6.07, 6.45) is -4.11. The number of alkyl halides is 3. The fraction of sp³-hybridized carbons (Fsp3) is 0.467. The molecule has 0 bridgehead atoms. The van der Waals surface area contributed by atoms with Crippen LogP contribution in [-0.4, -0.2) is 12.7 Å². The predicted molar refractivity (Wildman–Crippen MR) is 72.5 cm³/mol. The van der Waals surface area contributed by atoms with Crippen molar-refractivity contribution in [2.24, 2.45) is 0 Å². The normalized spacial score (nSPS) is 13.8. The van der Waals surface area contributed by atoms with Gasteiger partial charge in [-0.2, -0.15) is 13.2 Å². The summed E-state index contributed by atoms with van der Waals surface area (Å²) in [6, 6.07) is 9.67. The Morgan fingerprint density at radius 2 is 1.95 bits per heavy atom. The number of hydrogen-bond acceptors (Lipinski definition) is 2. The summed E-state index contributed by atoms with van der Waals surface area (Å²) in [5, 5.41) is 4.22. The van der Waals surface area contributed by atoms with Gasteiger partial charge in [0, 0.05) is 11.8 Å². The van der Waals surface area contributed by atoms with Crippen LogP contribution in [0.15, 0.2) is 34.7 Å². The van der Waals surface area contributed by atoms with E-state index >= 15 is 0 Å². The molecule has 110 valence electrons. The van der Waals surface area contributed by atoms with Gasteiger partial charge in [-0.1, -0.05) is 18.2 Å². The fourth-order valence-electron chi connectivity index (χ4n) is 2.09. The standard InChI is InChI=1S/C15H18F3NO/c1-11(19-9-5-4-8-15(16,17)18)14-10-12-6-2-3-7-13(12)20-14/h2-3,6-7,10-11,19H,4-5,8-9H2,1H3. The van der Waals surface area contributed by atoms with Gasteiger partial charge in [0.1, 0.15) is 11.3 Å². The van der Waals surface area contributed by atoms with Crippen molar-refractivity contribution in [3.63, 3.8) is 0 Å². The van der Waals surface area contributed by atoms with Crippen molar-refractivity contribution >= 4 is 11.0 Å². The van der Waals surface area contributed by atoms with Gasteiger partial charge >= 0.3 is 6.18 Å². The number of halogens is 3. The quantitative estimate of drug-likeness (QED) is 0.770. The third kappa shape index (κ3) is 4.27. The molecule has 20 heavy (non-hydrogen) atoms. The molecule has 1 aromatic carbocycles. The summed E-state index contributed by atoms with van der Waals surface area (Å²) in [6.45, 7) is 2.50. The van der Waals surface area contributed by atoms with Crippen LogP contribution in [-0.2, 0) is 0 Å². The Hall–Kier alpha value is -1.49. The van der Waals surface area contributed by atoms with Crippen molar-refractivity contribution in [2.45, 2.75) is 38.4 Å². The number of fused-ring (bicyclic) bond motifs is 1. The topological polar surface area (TPSA) is 25.2 Å². The minimum absolute atomic E-state index is 0.00622. The van der Waals surface area contributed by atoms with Crippen LogP contribution in [0.3, 0.4) is 0 Å². The summed E-state index contributed by atoms with van der Waals surface area (Å²) in [5.41, 5.74) is 0.827. The third-order valence-electron chi connectivity index (χ3n) is 3.21. The fourth-order valence-corrected chi connectivity index (χ4v) is 2.09. The molecule has 0 saturated carbocycles. The van der Waals surface area contributed by atoms with Gasteiger partial charge in [-0.25, -0.2) is 0 Å². The van der Waals surface area contributed by atoms with E-state index in [0.717, 1.165) is 16.7 Å². The lowest BCUT2D eigenvalue weighted by Crippen LogP contribution is -2.20. The van der Waals surface area contributed by atoms with E-state index in [1.54, 1.807) is 0 Å². The van der Waals surface area contributed by atoms with E-state index in [4.69, 9.17) is 4.42 Å². The first-order chi connectivity index (χ1) is 9.46. The van der Waals surface area contributed by atoms with Gasteiger partial charge in [-0.15, -0.1) is 0 Å². The van der Waals surface area contributed by atoms with Crippen molar-refractivity contribution < 1.29 is 17.6 Å². The molecular weight excluding hydrogens is 267 g/mol. The minimum atomic E-state index is -4.05. The molecule has 0 amide bonds. The average molecular weight is 285 g/mol. The van der Waals surface area contributed by atoms with E-state index < -0.39 is 12.6 Å². The Bertz CT molecular complexity index is 514. The molecule has 1 aromatic heterocycles. The molecule has 0 aliphatic carbocycles. The number of unbranched alkanes of at least 4 members (excludes halogenated alkanes) is 1. The SMILES string of the molecule is CC(NCCCCC(F)(F)F)c1cc2ccccc2o1. The Labute approximate surface area is 116 Å². The minimum Gasteiger partial charge on any atom is -0.459 e. The zero-order valence-electron chi connectivity index (χ0n) is 11.3. The van der Waals surface area contributed by atoms with E-state index in [0.29, 0.717) is 13.0 Å². The smallest absolute Gasteiger partial charge is 0.389 e. The third-order valence-corrected chi connectivity index (χ3v) is 3.21. The van der Waals surface area contributed by atoms with E-state index in [2.05, 4.69) is 5.32 Å². The van der Waals surface area contributed by atoms with Gasteiger partial charge in [-0.05, 0) is 38.4 Å². The monoisotopic (exact) mass is 285 g/mol. The van der Waals surface area contributed by atoms with E-state index in [1.807, 2.05) is 37.3 Å². The highest BCUT2D eigenvalue weighted by molar-refractivity contribution is 5.77. The first-order valence-corrected chi connectivity index (χ1v) is 6.74. The molecule has 2 rings (SSSR count). The van der Waals surface area contributed by atoms with Crippen LogP contribution in [0.5, 0.6) is 0 Å². The molecular formula is C15H18F3NO. The van der Waals surface area contributed by atoms with Gasteiger partial charge in [0.05, 0.1) is 6.04 Å². The molecule has 1 unspecified atom stereocenters. The van der Waals surface area contributed by atoms with Crippen molar-refractivity contribution in [3.8, 4) is 0 Å². The molecule has 0 spiro atoms. The second-order valence-electron chi connectivity index (χ2n) is 4.93.